The predicted molar refractivity (Wildman–Crippen MR) is 74.1 cm³/mol. The van der Waals surface area contributed by atoms with E-state index in [1.807, 2.05) is 36.4 Å². The van der Waals surface area contributed by atoms with Crippen LogP contribution < -0.4 is 5.01 Å². The number of thiophene rings is 1. The van der Waals surface area contributed by atoms with E-state index in [9.17, 15) is 4.79 Å². The van der Waals surface area contributed by atoms with Crippen LogP contribution in [0.15, 0.2) is 47.6 Å². The monoisotopic (exact) mass is 256 g/mol. The highest BCUT2D eigenvalue weighted by atomic mass is 32.1. The highest BCUT2D eigenvalue weighted by Crippen LogP contribution is 2.25. The van der Waals surface area contributed by atoms with Crippen LogP contribution in [0.5, 0.6) is 0 Å². The van der Waals surface area contributed by atoms with Crippen LogP contribution in [0.2, 0.25) is 0 Å². The van der Waals surface area contributed by atoms with Crippen molar-refractivity contribution in [3.05, 3.63) is 52.2 Å². The number of hydrogen-bond acceptors (Lipinski definition) is 3. The molecule has 0 aliphatic carbocycles. The first-order chi connectivity index (χ1) is 8.74. The Bertz CT molecular complexity index is 616. The lowest BCUT2D eigenvalue weighted by molar-refractivity contribution is -0.116. The Morgan fingerprint density at radius 2 is 1.94 bits per heavy atom. The fourth-order valence-electron chi connectivity index (χ4n) is 1.93. The molecule has 0 radical (unpaired) electrons. The SMILES string of the molecule is Cc1ccc(C2=NN(c3ccccc3)C(=O)C2)s1. The van der Waals surface area contributed by atoms with Gasteiger partial charge in [-0.2, -0.15) is 5.10 Å². The summed E-state index contributed by atoms with van der Waals surface area (Å²) in [5.74, 6) is 0.0299. The average molecular weight is 256 g/mol. The van der Waals surface area contributed by atoms with Crippen molar-refractivity contribution in [1.29, 1.82) is 0 Å². The molecule has 2 aromatic rings. The maximum atomic E-state index is 12.0. The van der Waals surface area contributed by atoms with Crippen molar-refractivity contribution in [3.63, 3.8) is 0 Å². The van der Waals surface area contributed by atoms with Gasteiger partial charge in [0.1, 0.15) is 0 Å². The molecule has 0 saturated heterocycles. The van der Waals surface area contributed by atoms with Gasteiger partial charge in [0.25, 0.3) is 5.91 Å². The first kappa shape index (κ1) is 11.2. The van der Waals surface area contributed by atoms with Crippen molar-refractivity contribution in [2.24, 2.45) is 5.10 Å². The summed E-state index contributed by atoms with van der Waals surface area (Å²) < 4.78 is 0. The molecule has 1 aliphatic heterocycles. The molecule has 1 aliphatic rings. The van der Waals surface area contributed by atoms with Crippen LogP contribution in [0.4, 0.5) is 5.69 Å². The van der Waals surface area contributed by atoms with Gasteiger partial charge in [0.15, 0.2) is 0 Å². The van der Waals surface area contributed by atoms with E-state index < -0.39 is 0 Å². The zero-order chi connectivity index (χ0) is 12.5. The molecule has 4 heteroatoms. The van der Waals surface area contributed by atoms with Crippen molar-refractivity contribution in [2.45, 2.75) is 13.3 Å². The summed E-state index contributed by atoms with van der Waals surface area (Å²) in [4.78, 5) is 14.3. The number of carbonyl (C=O) groups is 1. The molecular weight excluding hydrogens is 244 g/mol. The van der Waals surface area contributed by atoms with Crippen molar-refractivity contribution in [3.8, 4) is 0 Å². The highest BCUT2D eigenvalue weighted by Gasteiger charge is 2.26. The molecule has 0 unspecified atom stereocenters. The number of para-hydroxylation sites is 1. The first-order valence-electron chi connectivity index (χ1n) is 5.76. The minimum absolute atomic E-state index is 0.0299. The summed E-state index contributed by atoms with van der Waals surface area (Å²) in [6, 6.07) is 13.6. The maximum absolute atomic E-state index is 12.0. The zero-order valence-corrected chi connectivity index (χ0v) is 10.8. The van der Waals surface area contributed by atoms with Crippen molar-refractivity contribution in [2.75, 3.05) is 5.01 Å². The van der Waals surface area contributed by atoms with E-state index in [1.165, 1.54) is 9.89 Å². The Morgan fingerprint density at radius 1 is 1.17 bits per heavy atom. The Kier molecular flexibility index (Phi) is 2.72. The van der Waals surface area contributed by atoms with Crippen molar-refractivity contribution < 1.29 is 4.79 Å². The molecule has 0 spiro atoms. The largest absolute Gasteiger partial charge is 0.272 e. The zero-order valence-electron chi connectivity index (χ0n) is 9.96. The van der Waals surface area contributed by atoms with Gasteiger partial charge >= 0.3 is 0 Å². The number of carbonyl (C=O) groups excluding carboxylic acids is 1. The topological polar surface area (TPSA) is 32.7 Å². The molecule has 18 heavy (non-hydrogen) atoms. The number of anilines is 1. The third-order valence-electron chi connectivity index (χ3n) is 2.80. The molecule has 0 fully saturated rings. The Hall–Kier alpha value is -1.94. The number of aryl methyl sites for hydroxylation is 1. The lowest BCUT2D eigenvalue weighted by Crippen LogP contribution is -2.19. The maximum Gasteiger partial charge on any atom is 0.253 e. The normalized spacial score (nSPS) is 15.1. The summed E-state index contributed by atoms with van der Waals surface area (Å²) in [7, 11) is 0. The van der Waals surface area contributed by atoms with E-state index in [0.717, 1.165) is 16.3 Å². The van der Waals surface area contributed by atoms with Gasteiger partial charge in [-0.25, -0.2) is 5.01 Å². The minimum atomic E-state index is 0.0299. The molecule has 1 amide bonds. The van der Waals surface area contributed by atoms with E-state index >= 15 is 0 Å². The standard InChI is InChI=1S/C14H12N2OS/c1-10-7-8-13(18-10)12-9-14(17)16(15-12)11-5-3-2-4-6-11/h2-8H,9H2,1H3. The number of hydrogen-bond donors (Lipinski definition) is 0. The summed E-state index contributed by atoms with van der Waals surface area (Å²) in [6.45, 7) is 2.06. The van der Waals surface area contributed by atoms with E-state index in [-0.39, 0.29) is 5.91 Å². The molecule has 3 rings (SSSR count). The van der Waals surface area contributed by atoms with E-state index in [4.69, 9.17) is 0 Å². The molecule has 90 valence electrons. The van der Waals surface area contributed by atoms with Crippen molar-refractivity contribution >= 4 is 28.6 Å². The second kappa shape index (κ2) is 4.38. The van der Waals surface area contributed by atoms with Gasteiger partial charge in [-0.1, -0.05) is 18.2 Å². The minimum Gasteiger partial charge on any atom is -0.272 e. The molecule has 0 atom stereocenters. The van der Waals surface area contributed by atoms with Crippen molar-refractivity contribution in [1.82, 2.24) is 0 Å². The van der Waals surface area contributed by atoms with Crippen LogP contribution >= 0.6 is 11.3 Å². The molecular formula is C14H12N2OS. The number of rotatable bonds is 2. The Balaban J connectivity index is 1.94. The molecule has 1 aromatic carbocycles. The molecule has 1 aromatic heterocycles. The van der Waals surface area contributed by atoms with Gasteiger partial charge in [-0.15, -0.1) is 11.3 Å². The van der Waals surface area contributed by atoms with Gasteiger partial charge in [-0.3, -0.25) is 4.79 Å². The van der Waals surface area contributed by atoms with Crippen LogP contribution in [0.1, 0.15) is 16.2 Å². The van der Waals surface area contributed by atoms with Gasteiger partial charge in [0.05, 0.1) is 22.7 Å². The third-order valence-corrected chi connectivity index (χ3v) is 3.85. The lowest BCUT2D eigenvalue weighted by atomic mass is 10.2. The molecule has 0 N–H and O–H groups in total. The predicted octanol–water partition coefficient (Wildman–Crippen LogP) is 3.20. The molecule has 0 bridgehead atoms. The van der Waals surface area contributed by atoms with Gasteiger partial charge in [0, 0.05) is 4.88 Å². The van der Waals surface area contributed by atoms with E-state index in [1.54, 1.807) is 11.3 Å². The fourth-order valence-corrected chi connectivity index (χ4v) is 2.78. The number of nitrogens with zero attached hydrogens (tertiary/aromatic N) is 2. The van der Waals surface area contributed by atoms with Gasteiger partial charge < -0.3 is 0 Å². The molecule has 2 heterocycles. The highest BCUT2D eigenvalue weighted by molar-refractivity contribution is 7.14. The first-order valence-corrected chi connectivity index (χ1v) is 6.58. The summed E-state index contributed by atoms with van der Waals surface area (Å²) in [5, 5.41) is 5.92. The van der Waals surface area contributed by atoms with Gasteiger partial charge in [0.2, 0.25) is 0 Å². The van der Waals surface area contributed by atoms with Crippen LogP contribution in [0.3, 0.4) is 0 Å². The van der Waals surface area contributed by atoms with Gasteiger partial charge in [-0.05, 0) is 31.2 Å². The summed E-state index contributed by atoms with van der Waals surface area (Å²) in [6.07, 6.45) is 0.384. The smallest absolute Gasteiger partial charge is 0.253 e. The van der Waals surface area contributed by atoms with E-state index in [2.05, 4.69) is 18.1 Å². The summed E-state index contributed by atoms with van der Waals surface area (Å²) in [5.41, 5.74) is 1.69. The average Bonchev–Trinajstić information content (AvgIpc) is 2.97. The number of benzene rings is 1. The second-order valence-electron chi connectivity index (χ2n) is 4.17. The Morgan fingerprint density at radius 3 is 2.61 bits per heavy atom. The van der Waals surface area contributed by atoms with Crippen LogP contribution in [-0.4, -0.2) is 11.6 Å². The molecule has 0 saturated carbocycles. The fraction of sp³-hybridized carbons (Fsp3) is 0.143. The molecule has 3 nitrogen and oxygen atoms in total. The number of amides is 1. The van der Waals surface area contributed by atoms with Crippen LogP contribution in [-0.2, 0) is 4.79 Å². The third kappa shape index (κ3) is 1.95. The van der Waals surface area contributed by atoms with E-state index in [0.29, 0.717) is 6.42 Å². The quantitative estimate of drug-likeness (QED) is 0.812. The Labute approximate surface area is 109 Å². The lowest BCUT2D eigenvalue weighted by Gasteiger charge is -2.10. The number of hydrazone groups is 1. The van der Waals surface area contributed by atoms with Crippen LogP contribution in [0.25, 0.3) is 0 Å². The second-order valence-corrected chi connectivity index (χ2v) is 5.46. The van der Waals surface area contributed by atoms with Crippen LogP contribution in [0, 0.1) is 6.92 Å². The summed E-state index contributed by atoms with van der Waals surface area (Å²) >= 11 is 1.67.